The van der Waals surface area contributed by atoms with Gasteiger partial charge < -0.3 is 5.32 Å². The van der Waals surface area contributed by atoms with Crippen LogP contribution in [0.1, 0.15) is 29.8 Å². The van der Waals surface area contributed by atoms with Crippen molar-refractivity contribution in [3.63, 3.8) is 0 Å². The van der Waals surface area contributed by atoms with Crippen LogP contribution in [0.3, 0.4) is 0 Å². The molecule has 0 bridgehead atoms. The first kappa shape index (κ1) is 23.0. The molecule has 4 aromatic rings. The lowest BCUT2D eigenvalue weighted by Crippen LogP contribution is -2.40. The molecule has 1 aliphatic heterocycles. The zero-order valence-corrected chi connectivity index (χ0v) is 20.9. The molecular weight excluding hydrogens is 482 g/mol. The highest BCUT2D eigenvalue weighted by molar-refractivity contribution is 7.07. The number of halogens is 1. The third kappa shape index (κ3) is 4.38. The number of aromatic nitrogens is 3. The first-order valence-electron chi connectivity index (χ1n) is 11.0. The van der Waals surface area contributed by atoms with Crippen LogP contribution >= 0.6 is 22.9 Å². The molecule has 0 saturated carbocycles. The number of nitrogens with one attached hydrogen (secondary N) is 1. The molecule has 3 heterocycles. The minimum atomic E-state index is -0.649. The number of thiazole rings is 1. The summed E-state index contributed by atoms with van der Waals surface area (Å²) in [5.74, 6) is -0.310. The van der Waals surface area contributed by atoms with Crippen molar-refractivity contribution < 1.29 is 4.79 Å². The van der Waals surface area contributed by atoms with Gasteiger partial charge >= 0.3 is 0 Å². The van der Waals surface area contributed by atoms with Crippen LogP contribution in [0.2, 0.25) is 5.02 Å². The van der Waals surface area contributed by atoms with Crippen molar-refractivity contribution in [3.8, 4) is 0 Å². The van der Waals surface area contributed by atoms with E-state index in [2.05, 4.69) is 15.4 Å². The van der Waals surface area contributed by atoms with Crippen LogP contribution < -0.4 is 20.2 Å². The van der Waals surface area contributed by atoms with E-state index in [0.717, 1.165) is 16.8 Å². The van der Waals surface area contributed by atoms with Crippen LogP contribution in [0.25, 0.3) is 6.08 Å². The summed E-state index contributed by atoms with van der Waals surface area (Å²) in [5, 5.41) is 7.88. The van der Waals surface area contributed by atoms with Crippen LogP contribution in [0, 0.1) is 6.92 Å². The Balaban J connectivity index is 1.69. The van der Waals surface area contributed by atoms with Gasteiger partial charge in [-0.25, -0.2) is 4.99 Å². The molecule has 1 atom stereocenters. The van der Waals surface area contributed by atoms with Gasteiger partial charge in [0.05, 0.1) is 27.5 Å². The van der Waals surface area contributed by atoms with Crippen molar-refractivity contribution in [2.75, 3.05) is 5.32 Å². The zero-order chi connectivity index (χ0) is 24.7. The predicted octanol–water partition coefficient (Wildman–Crippen LogP) is 3.57. The number of rotatable bonds is 4. The summed E-state index contributed by atoms with van der Waals surface area (Å²) in [4.78, 5) is 32.4. The second-order valence-electron chi connectivity index (χ2n) is 8.30. The van der Waals surface area contributed by atoms with Crippen LogP contribution in [-0.2, 0) is 11.8 Å². The molecule has 2 aromatic carbocycles. The molecule has 0 aliphatic carbocycles. The minimum absolute atomic E-state index is 0.213. The molecule has 176 valence electrons. The first-order valence-corrected chi connectivity index (χ1v) is 12.2. The molecule has 1 aliphatic rings. The smallest absolute Gasteiger partial charge is 0.271 e. The molecule has 0 saturated heterocycles. The number of benzene rings is 2. The van der Waals surface area contributed by atoms with E-state index in [-0.39, 0.29) is 11.5 Å². The Kier molecular flexibility index (Phi) is 6.00. The van der Waals surface area contributed by atoms with Gasteiger partial charge in [-0.3, -0.25) is 18.8 Å². The Bertz CT molecular complexity index is 1650. The Labute approximate surface area is 210 Å². The normalized spacial score (nSPS) is 15.7. The number of fused-ring (bicyclic) bond motifs is 1. The lowest BCUT2D eigenvalue weighted by Gasteiger charge is -2.25. The molecule has 0 spiro atoms. The van der Waals surface area contributed by atoms with Gasteiger partial charge in [-0.15, -0.1) is 0 Å². The second-order valence-corrected chi connectivity index (χ2v) is 9.74. The van der Waals surface area contributed by atoms with Crippen molar-refractivity contribution in [2.45, 2.75) is 19.9 Å². The van der Waals surface area contributed by atoms with E-state index in [9.17, 15) is 9.59 Å². The molecule has 9 heteroatoms. The van der Waals surface area contributed by atoms with Crippen molar-refractivity contribution >= 4 is 40.6 Å². The number of aryl methyl sites for hydroxylation is 2. The van der Waals surface area contributed by atoms with Gasteiger partial charge in [-0.2, -0.15) is 5.10 Å². The average Bonchev–Trinajstić information content (AvgIpc) is 3.31. The number of carbonyl (C=O) groups excluding carboxylic acids is 1. The van der Waals surface area contributed by atoms with E-state index >= 15 is 0 Å². The Morgan fingerprint density at radius 1 is 1.11 bits per heavy atom. The summed E-state index contributed by atoms with van der Waals surface area (Å²) in [6.45, 7) is 3.70. The predicted molar refractivity (Wildman–Crippen MR) is 138 cm³/mol. The molecule has 35 heavy (non-hydrogen) atoms. The van der Waals surface area contributed by atoms with Crippen molar-refractivity contribution in [1.29, 1.82) is 0 Å². The molecule has 2 aromatic heterocycles. The molecule has 1 unspecified atom stereocenters. The molecule has 5 rings (SSSR count). The Hall–Kier alpha value is -3.75. The van der Waals surface area contributed by atoms with Gasteiger partial charge in [0.2, 0.25) is 0 Å². The summed E-state index contributed by atoms with van der Waals surface area (Å²) >= 11 is 7.44. The number of nitrogens with zero attached hydrogens (tertiary/aromatic N) is 4. The molecule has 1 amide bonds. The van der Waals surface area contributed by atoms with Gasteiger partial charge in [0.15, 0.2) is 4.80 Å². The van der Waals surface area contributed by atoms with E-state index in [4.69, 9.17) is 11.6 Å². The van der Waals surface area contributed by atoms with E-state index in [1.807, 2.05) is 68.7 Å². The fourth-order valence-electron chi connectivity index (χ4n) is 4.19. The van der Waals surface area contributed by atoms with Gasteiger partial charge in [-0.05, 0) is 49.8 Å². The minimum Gasteiger partial charge on any atom is -0.322 e. The summed E-state index contributed by atoms with van der Waals surface area (Å²) in [6.07, 6.45) is 3.70. The summed E-state index contributed by atoms with van der Waals surface area (Å²) in [7, 11) is 1.84. The third-order valence-corrected chi connectivity index (χ3v) is 7.06. The third-order valence-electron chi connectivity index (χ3n) is 5.82. The summed E-state index contributed by atoms with van der Waals surface area (Å²) in [6, 6.07) is 15.8. The number of para-hydroxylation sites is 1. The monoisotopic (exact) mass is 503 g/mol. The highest BCUT2D eigenvalue weighted by Gasteiger charge is 2.32. The maximum Gasteiger partial charge on any atom is 0.271 e. The molecular formula is C26H22ClN5O2S. The van der Waals surface area contributed by atoms with E-state index in [1.54, 1.807) is 28.3 Å². The standard InChI is InChI=1S/C26H22ClN5O2S/c1-15-18(14-31(3)30-15)13-21-25(34)32-23(17-9-11-19(27)12-10-17)22(16(2)28-26(32)35-21)24(33)29-20-7-5-4-6-8-20/h4-14,23H,1-3H3,(H,29,33). The van der Waals surface area contributed by atoms with Crippen molar-refractivity contribution in [1.82, 2.24) is 14.3 Å². The highest BCUT2D eigenvalue weighted by Crippen LogP contribution is 2.31. The second kappa shape index (κ2) is 9.13. The number of anilines is 1. The lowest BCUT2D eigenvalue weighted by molar-refractivity contribution is -0.113. The lowest BCUT2D eigenvalue weighted by atomic mass is 9.95. The number of allylic oxidation sites excluding steroid dienone is 1. The maximum absolute atomic E-state index is 13.7. The van der Waals surface area contributed by atoms with Crippen molar-refractivity contribution in [3.05, 3.63) is 114 Å². The highest BCUT2D eigenvalue weighted by atomic mass is 35.5. The Morgan fingerprint density at radius 2 is 1.83 bits per heavy atom. The summed E-state index contributed by atoms with van der Waals surface area (Å²) in [5.41, 5.74) is 3.88. The van der Waals surface area contributed by atoms with E-state index in [0.29, 0.717) is 31.3 Å². The van der Waals surface area contributed by atoms with Crippen LogP contribution in [0.5, 0.6) is 0 Å². The topological polar surface area (TPSA) is 81.3 Å². The van der Waals surface area contributed by atoms with Gasteiger partial charge in [0.1, 0.15) is 0 Å². The quantitative estimate of drug-likeness (QED) is 0.462. The number of hydrogen-bond donors (Lipinski definition) is 1. The van der Waals surface area contributed by atoms with Crippen LogP contribution in [0.4, 0.5) is 5.69 Å². The van der Waals surface area contributed by atoms with E-state index in [1.165, 1.54) is 11.3 Å². The van der Waals surface area contributed by atoms with Gasteiger partial charge in [0.25, 0.3) is 11.5 Å². The number of hydrogen-bond acceptors (Lipinski definition) is 5. The maximum atomic E-state index is 13.7. The average molecular weight is 504 g/mol. The Morgan fingerprint density at radius 3 is 2.49 bits per heavy atom. The number of amides is 1. The van der Waals surface area contributed by atoms with Crippen LogP contribution in [0.15, 0.2) is 81.9 Å². The largest absolute Gasteiger partial charge is 0.322 e. The molecule has 1 N–H and O–H groups in total. The first-order chi connectivity index (χ1) is 16.8. The molecule has 7 nitrogen and oxygen atoms in total. The SMILES string of the molecule is CC1=C(C(=O)Nc2ccccc2)C(c2ccc(Cl)cc2)n2c(sc(=Cc3cn(C)nc3C)c2=O)=N1. The van der Waals surface area contributed by atoms with Gasteiger partial charge in [0, 0.05) is 29.5 Å². The fourth-order valence-corrected chi connectivity index (χ4v) is 5.36. The fraction of sp³-hybridized carbons (Fsp3) is 0.154. The van der Waals surface area contributed by atoms with Crippen molar-refractivity contribution in [2.24, 2.45) is 12.0 Å². The van der Waals surface area contributed by atoms with Crippen LogP contribution in [-0.4, -0.2) is 20.3 Å². The van der Waals surface area contributed by atoms with E-state index < -0.39 is 6.04 Å². The van der Waals surface area contributed by atoms with Gasteiger partial charge in [-0.1, -0.05) is 53.3 Å². The summed E-state index contributed by atoms with van der Waals surface area (Å²) < 4.78 is 3.83. The number of carbonyl (C=O) groups is 1. The molecule has 0 fully saturated rings. The molecule has 0 radical (unpaired) electrons. The zero-order valence-electron chi connectivity index (χ0n) is 19.3.